The van der Waals surface area contributed by atoms with E-state index < -0.39 is 0 Å². The summed E-state index contributed by atoms with van der Waals surface area (Å²) in [6.45, 7) is 3.25. The van der Waals surface area contributed by atoms with Crippen molar-refractivity contribution in [2.24, 2.45) is 5.92 Å². The van der Waals surface area contributed by atoms with Crippen LogP contribution in [-0.2, 0) is 11.3 Å². The van der Waals surface area contributed by atoms with Crippen molar-refractivity contribution in [3.8, 4) is 28.6 Å². The number of methoxy groups -OCH3 is 1. The Morgan fingerprint density at radius 1 is 1.17 bits per heavy atom. The van der Waals surface area contributed by atoms with Gasteiger partial charge in [0.05, 0.1) is 25.0 Å². The molecule has 4 heterocycles. The third-order valence-corrected chi connectivity index (χ3v) is 6.36. The number of para-hydroxylation sites is 1. The molecular weight excluding hydrogens is 446 g/mol. The molecule has 2 aliphatic heterocycles. The number of pyridine rings is 1. The van der Waals surface area contributed by atoms with E-state index in [0.29, 0.717) is 30.5 Å². The van der Waals surface area contributed by atoms with Crippen molar-refractivity contribution in [3.05, 3.63) is 60.7 Å². The number of rotatable bonds is 7. The van der Waals surface area contributed by atoms with Crippen molar-refractivity contribution in [2.45, 2.75) is 25.5 Å². The van der Waals surface area contributed by atoms with Crippen molar-refractivity contribution in [2.75, 3.05) is 33.4 Å². The highest BCUT2D eigenvalue weighted by Crippen LogP contribution is 2.40. The molecule has 1 aromatic carbocycles. The number of piperidine rings is 1. The Hall–Kier alpha value is -3.72. The second-order valence-corrected chi connectivity index (χ2v) is 8.74. The van der Waals surface area contributed by atoms with Crippen LogP contribution in [0.5, 0.6) is 17.4 Å². The van der Waals surface area contributed by atoms with Crippen LogP contribution in [0.1, 0.15) is 18.5 Å². The Morgan fingerprint density at radius 3 is 2.83 bits per heavy atom. The first-order valence-electron chi connectivity index (χ1n) is 11.9. The molecule has 0 spiro atoms. The maximum absolute atomic E-state index is 12.8. The highest BCUT2D eigenvalue weighted by molar-refractivity contribution is 5.78. The van der Waals surface area contributed by atoms with Crippen molar-refractivity contribution < 1.29 is 19.0 Å². The highest BCUT2D eigenvalue weighted by Gasteiger charge is 2.28. The molecule has 0 aliphatic carbocycles. The number of carbonyl (C=O) groups is 1. The van der Waals surface area contributed by atoms with E-state index >= 15 is 0 Å². The summed E-state index contributed by atoms with van der Waals surface area (Å²) in [5.74, 6) is 1.91. The number of hydrogen-bond donors (Lipinski definition) is 1. The lowest BCUT2D eigenvalue weighted by Gasteiger charge is -2.32. The van der Waals surface area contributed by atoms with Crippen LogP contribution in [0, 0.1) is 5.92 Å². The summed E-state index contributed by atoms with van der Waals surface area (Å²) in [5, 5.41) is 3.07. The quantitative estimate of drug-likeness (QED) is 0.557. The monoisotopic (exact) mass is 475 g/mol. The molecule has 2 aromatic heterocycles. The molecular formula is C26H29N5O4. The second kappa shape index (κ2) is 10.7. The molecule has 182 valence electrons. The van der Waals surface area contributed by atoms with Crippen LogP contribution in [0.3, 0.4) is 0 Å². The Morgan fingerprint density at radius 2 is 2.03 bits per heavy atom. The van der Waals surface area contributed by atoms with Crippen molar-refractivity contribution >= 4 is 5.91 Å². The van der Waals surface area contributed by atoms with E-state index in [0.717, 1.165) is 49.4 Å². The van der Waals surface area contributed by atoms with Crippen LogP contribution >= 0.6 is 0 Å². The fourth-order valence-corrected chi connectivity index (χ4v) is 4.47. The summed E-state index contributed by atoms with van der Waals surface area (Å²) >= 11 is 0. The normalized spacial score (nSPS) is 18.1. The van der Waals surface area contributed by atoms with Gasteiger partial charge in [0.15, 0.2) is 11.5 Å². The van der Waals surface area contributed by atoms with Crippen LogP contribution in [0.2, 0.25) is 0 Å². The summed E-state index contributed by atoms with van der Waals surface area (Å²) in [4.78, 5) is 28.1. The fourth-order valence-electron chi connectivity index (χ4n) is 4.47. The number of ether oxygens (including phenoxy) is 3. The summed E-state index contributed by atoms with van der Waals surface area (Å²) in [5.41, 5.74) is 2.52. The first-order valence-corrected chi connectivity index (χ1v) is 11.9. The van der Waals surface area contributed by atoms with Gasteiger partial charge >= 0.3 is 0 Å². The van der Waals surface area contributed by atoms with Crippen molar-refractivity contribution in [1.82, 2.24) is 25.2 Å². The maximum Gasteiger partial charge on any atom is 0.223 e. The number of likely N-dealkylation sites (tertiary alicyclic amines) is 1. The van der Waals surface area contributed by atoms with E-state index in [-0.39, 0.29) is 17.9 Å². The third-order valence-electron chi connectivity index (χ3n) is 6.36. The Kier molecular flexibility index (Phi) is 7.04. The molecule has 35 heavy (non-hydrogen) atoms. The van der Waals surface area contributed by atoms with Gasteiger partial charge in [-0.3, -0.25) is 19.7 Å². The number of benzene rings is 1. The van der Waals surface area contributed by atoms with Gasteiger partial charge in [-0.05, 0) is 44.1 Å². The van der Waals surface area contributed by atoms with Crippen molar-refractivity contribution in [3.63, 3.8) is 0 Å². The molecule has 1 N–H and O–H groups in total. The zero-order valence-electron chi connectivity index (χ0n) is 19.7. The molecule has 0 radical (unpaired) electrons. The lowest BCUT2D eigenvalue weighted by atomic mass is 9.95. The Bertz CT molecular complexity index is 1150. The predicted octanol–water partition coefficient (Wildman–Crippen LogP) is 2.72. The minimum absolute atomic E-state index is 0.00134. The molecule has 1 fully saturated rings. The predicted molar refractivity (Wildman–Crippen MR) is 129 cm³/mol. The number of fused-ring (bicyclic) bond motifs is 1. The van der Waals surface area contributed by atoms with E-state index in [1.807, 2.05) is 30.3 Å². The standard InChI is InChI=1S/C26H29N5O4/c1-33-24-7-3-5-22(30-24)21-4-2-6-23-25(21)35-20(17-34-23)15-29-26(32)18-8-12-31(13-9-18)16-19-14-27-10-11-28-19/h2-7,10-11,14,18,20H,8-9,12-13,15-17H2,1H3,(H,29,32). The summed E-state index contributed by atoms with van der Waals surface area (Å²) in [6, 6.07) is 11.3. The number of carbonyl (C=O) groups excluding carboxylic acids is 1. The minimum atomic E-state index is -0.282. The van der Waals surface area contributed by atoms with Gasteiger partial charge in [-0.15, -0.1) is 0 Å². The van der Waals surface area contributed by atoms with Crippen molar-refractivity contribution in [1.29, 1.82) is 0 Å². The van der Waals surface area contributed by atoms with Gasteiger partial charge in [0.1, 0.15) is 12.7 Å². The van der Waals surface area contributed by atoms with Gasteiger partial charge < -0.3 is 19.5 Å². The maximum atomic E-state index is 12.8. The van der Waals surface area contributed by atoms with E-state index in [9.17, 15) is 4.79 Å². The van der Waals surface area contributed by atoms with Crippen LogP contribution in [0.15, 0.2) is 55.0 Å². The first-order chi connectivity index (χ1) is 17.2. The first kappa shape index (κ1) is 23.0. The highest BCUT2D eigenvalue weighted by atomic mass is 16.6. The van der Waals surface area contributed by atoms with Gasteiger partial charge in [0, 0.05) is 42.7 Å². The molecule has 0 bridgehead atoms. The molecule has 1 atom stereocenters. The van der Waals surface area contributed by atoms with E-state index in [1.54, 1.807) is 31.8 Å². The van der Waals surface area contributed by atoms with E-state index in [4.69, 9.17) is 14.2 Å². The van der Waals surface area contributed by atoms with Gasteiger partial charge in [0.25, 0.3) is 0 Å². The van der Waals surface area contributed by atoms with Crippen LogP contribution in [0.4, 0.5) is 0 Å². The molecule has 1 unspecified atom stereocenters. The van der Waals surface area contributed by atoms with E-state index in [2.05, 4.69) is 25.2 Å². The summed E-state index contributed by atoms with van der Waals surface area (Å²) < 4.78 is 17.5. The van der Waals surface area contributed by atoms with Crippen LogP contribution in [0.25, 0.3) is 11.3 Å². The van der Waals surface area contributed by atoms with E-state index in [1.165, 1.54) is 0 Å². The number of nitrogens with zero attached hydrogens (tertiary/aromatic N) is 4. The Balaban J connectivity index is 1.15. The zero-order chi connectivity index (χ0) is 24.0. The number of amides is 1. The Labute approximate surface area is 204 Å². The zero-order valence-corrected chi connectivity index (χ0v) is 19.7. The van der Waals surface area contributed by atoms with Gasteiger partial charge in [-0.2, -0.15) is 0 Å². The molecule has 0 saturated carbocycles. The summed E-state index contributed by atoms with van der Waals surface area (Å²) in [6.07, 6.45) is 6.54. The molecule has 9 nitrogen and oxygen atoms in total. The smallest absolute Gasteiger partial charge is 0.223 e. The average Bonchev–Trinajstić information content (AvgIpc) is 2.92. The molecule has 1 saturated heterocycles. The van der Waals surface area contributed by atoms with Gasteiger partial charge in [-0.1, -0.05) is 12.1 Å². The second-order valence-electron chi connectivity index (χ2n) is 8.74. The fraction of sp³-hybridized carbons (Fsp3) is 0.385. The van der Waals surface area contributed by atoms with Crippen LogP contribution < -0.4 is 19.5 Å². The molecule has 2 aliphatic rings. The molecule has 1 amide bonds. The lowest BCUT2D eigenvalue weighted by molar-refractivity contribution is -0.127. The molecule has 3 aromatic rings. The third kappa shape index (κ3) is 5.51. The average molecular weight is 476 g/mol. The van der Waals surface area contributed by atoms with Gasteiger partial charge in [-0.25, -0.2) is 4.98 Å². The SMILES string of the molecule is COc1cccc(-c2cccc3c2OC(CNC(=O)C2CCN(Cc4cnccn4)CC2)CO3)n1. The topological polar surface area (TPSA) is 98.7 Å². The largest absolute Gasteiger partial charge is 0.486 e. The minimum Gasteiger partial charge on any atom is -0.486 e. The summed E-state index contributed by atoms with van der Waals surface area (Å²) in [7, 11) is 1.59. The van der Waals surface area contributed by atoms with Crippen LogP contribution in [-0.4, -0.2) is 65.2 Å². The van der Waals surface area contributed by atoms with Gasteiger partial charge in [0.2, 0.25) is 11.8 Å². The molecule has 5 rings (SSSR count). The number of hydrogen-bond acceptors (Lipinski definition) is 8. The molecule has 9 heteroatoms. The lowest BCUT2D eigenvalue weighted by Crippen LogP contribution is -2.45. The number of aromatic nitrogens is 3. The number of nitrogens with one attached hydrogen (secondary N) is 1.